The van der Waals surface area contributed by atoms with E-state index in [0.717, 1.165) is 25.7 Å². The zero-order valence-electron chi connectivity index (χ0n) is 17.3. The Morgan fingerprint density at radius 1 is 1.07 bits per heavy atom. The van der Waals surface area contributed by atoms with Crippen LogP contribution in [-0.4, -0.2) is 82.7 Å². The average molecular weight is 388 g/mol. The molecule has 1 amide bonds. The average Bonchev–Trinajstić information content (AvgIpc) is 3.46. The molecule has 156 valence electrons. The molecule has 1 aromatic heterocycles. The predicted molar refractivity (Wildman–Crippen MR) is 111 cm³/mol. The molecule has 1 saturated carbocycles. The van der Waals surface area contributed by atoms with Gasteiger partial charge in [-0.15, -0.1) is 0 Å². The third-order valence-corrected chi connectivity index (χ3v) is 7.02. The monoisotopic (exact) mass is 387 g/mol. The summed E-state index contributed by atoms with van der Waals surface area (Å²) >= 11 is 0. The van der Waals surface area contributed by atoms with Crippen molar-refractivity contribution >= 4 is 5.91 Å². The SMILES string of the molecule is O=C(c1ccn[nH]1)N(CCN1CCCCC1)C[C@H]1CCCN(C2CCCC2)C1. The number of carbonyl (C=O) groups excluding carboxylic acids is 1. The molecular formula is C22H37N5O. The van der Waals surface area contributed by atoms with Crippen LogP contribution in [0.4, 0.5) is 0 Å². The molecule has 1 aliphatic carbocycles. The lowest BCUT2D eigenvalue weighted by molar-refractivity contribution is 0.0604. The zero-order valence-corrected chi connectivity index (χ0v) is 17.3. The summed E-state index contributed by atoms with van der Waals surface area (Å²) in [5.41, 5.74) is 0.627. The first kappa shape index (κ1) is 19.9. The summed E-state index contributed by atoms with van der Waals surface area (Å²) < 4.78 is 0. The molecule has 1 N–H and O–H groups in total. The molecule has 1 aromatic rings. The number of nitrogens with one attached hydrogen (secondary N) is 1. The van der Waals surface area contributed by atoms with E-state index in [4.69, 9.17) is 0 Å². The number of likely N-dealkylation sites (tertiary alicyclic amines) is 2. The number of aromatic nitrogens is 2. The van der Waals surface area contributed by atoms with E-state index in [9.17, 15) is 4.79 Å². The number of carbonyl (C=O) groups is 1. The smallest absolute Gasteiger partial charge is 0.271 e. The lowest BCUT2D eigenvalue weighted by Crippen LogP contribution is -2.47. The highest BCUT2D eigenvalue weighted by Crippen LogP contribution is 2.28. The van der Waals surface area contributed by atoms with Crippen LogP contribution in [-0.2, 0) is 0 Å². The largest absolute Gasteiger partial charge is 0.336 e. The molecule has 0 aromatic carbocycles. The van der Waals surface area contributed by atoms with Gasteiger partial charge in [-0.3, -0.25) is 9.89 Å². The maximum atomic E-state index is 13.1. The number of amides is 1. The molecule has 1 atom stereocenters. The molecule has 6 nitrogen and oxygen atoms in total. The fourth-order valence-corrected chi connectivity index (χ4v) is 5.43. The minimum atomic E-state index is 0.118. The van der Waals surface area contributed by atoms with Gasteiger partial charge in [0.1, 0.15) is 5.69 Å². The Balaban J connectivity index is 1.36. The maximum Gasteiger partial charge on any atom is 0.271 e. The van der Waals surface area contributed by atoms with Crippen molar-refractivity contribution in [2.75, 3.05) is 45.8 Å². The van der Waals surface area contributed by atoms with Gasteiger partial charge in [0.25, 0.3) is 5.91 Å². The van der Waals surface area contributed by atoms with Crippen molar-refractivity contribution in [2.24, 2.45) is 5.92 Å². The topological polar surface area (TPSA) is 55.5 Å². The molecule has 6 heteroatoms. The molecule has 4 rings (SSSR count). The standard InChI is InChI=1S/C22H37N5O/c28-22(21-10-11-23-24-21)27(16-15-25-12-4-1-5-13-25)18-19-7-6-14-26(17-19)20-8-2-3-9-20/h10-11,19-20H,1-9,12-18H2,(H,23,24)/t19-/m0/s1. The van der Waals surface area contributed by atoms with E-state index in [1.54, 1.807) is 6.20 Å². The van der Waals surface area contributed by atoms with Crippen molar-refractivity contribution in [1.29, 1.82) is 0 Å². The molecule has 28 heavy (non-hydrogen) atoms. The molecular weight excluding hydrogens is 350 g/mol. The van der Waals surface area contributed by atoms with E-state index >= 15 is 0 Å². The van der Waals surface area contributed by atoms with Crippen LogP contribution in [0.5, 0.6) is 0 Å². The van der Waals surface area contributed by atoms with Crippen molar-refractivity contribution in [3.05, 3.63) is 18.0 Å². The Morgan fingerprint density at radius 2 is 1.89 bits per heavy atom. The molecule has 0 radical (unpaired) electrons. The summed E-state index contributed by atoms with van der Waals surface area (Å²) in [4.78, 5) is 20.5. The van der Waals surface area contributed by atoms with Gasteiger partial charge >= 0.3 is 0 Å². The van der Waals surface area contributed by atoms with Gasteiger partial charge in [0.15, 0.2) is 0 Å². The van der Waals surface area contributed by atoms with E-state index in [1.165, 1.54) is 84.0 Å². The number of aromatic amines is 1. The van der Waals surface area contributed by atoms with Crippen molar-refractivity contribution in [3.63, 3.8) is 0 Å². The van der Waals surface area contributed by atoms with E-state index in [-0.39, 0.29) is 5.91 Å². The van der Waals surface area contributed by atoms with Crippen LogP contribution >= 0.6 is 0 Å². The van der Waals surface area contributed by atoms with Crippen molar-refractivity contribution in [2.45, 2.75) is 63.8 Å². The van der Waals surface area contributed by atoms with Crippen LogP contribution in [0.25, 0.3) is 0 Å². The van der Waals surface area contributed by atoms with Crippen LogP contribution in [0, 0.1) is 5.92 Å². The Hall–Kier alpha value is -1.40. The first-order valence-electron chi connectivity index (χ1n) is 11.5. The van der Waals surface area contributed by atoms with Crippen LogP contribution in [0.1, 0.15) is 68.3 Å². The fraction of sp³-hybridized carbons (Fsp3) is 0.818. The third-order valence-electron chi connectivity index (χ3n) is 7.02. The van der Waals surface area contributed by atoms with Gasteiger partial charge in [0.05, 0.1) is 0 Å². The van der Waals surface area contributed by atoms with E-state index in [0.29, 0.717) is 11.6 Å². The minimum absolute atomic E-state index is 0.118. The lowest BCUT2D eigenvalue weighted by atomic mass is 9.95. The number of piperidine rings is 2. The van der Waals surface area contributed by atoms with Crippen molar-refractivity contribution in [1.82, 2.24) is 24.9 Å². The van der Waals surface area contributed by atoms with Gasteiger partial charge in [-0.05, 0) is 70.1 Å². The number of H-pyrrole nitrogens is 1. The summed E-state index contributed by atoms with van der Waals surface area (Å²) in [5, 5.41) is 6.88. The normalized spacial score (nSPS) is 25.2. The quantitative estimate of drug-likeness (QED) is 0.781. The molecule has 3 fully saturated rings. The van der Waals surface area contributed by atoms with E-state index < -0.39 is 0 Å². The van der Waals surface area contributed by atoms with E-state index in [1.807, 2.05) is 6.07 Å². The van der Waals surface area contributed by atoms with Gasteiger partial charge in [-0.1, -0.05) is 19.3 Å². The van der Waals surface area contributed by atoms with Gasteiger partial charge < -0.3 is 14.7 Å². The summed E-state index contributed by atoms with van der Waals surface area (Å²) in [6.07, 6.45) is 13.7. The molecule has 3 aliphatic rings. The Morgan fingerprint density at radius 3 is 2.64 bits per heavy atom. The maximum absolute atomic E-state index is 13.1. The molecule has 0 spiro atoms. The summed E-state index contributed by atoms with van der Waals surface area (Å²) in [5.74, 6) is 0.718. The Kier molecular flexibility index (Phi) is 7.02. The molecule has 2 aliphatic heterocycles. The summed E-state index contributed by atoms with van der Waals surface area (Å²) in [7, 11) is 0. The number of hydrogen-bond acceptors (Lipinski definition) is 4. The second kappa shape index (κ2) is 9.88. The van der Waals surface area contributed by atoms with Gasteiger partial charge in [0.2, 0.25) is 0 Å². The summed E-state index contributed by atoms with van der Waals surface area (Å²) in [6.45, 7) is 7.51. The highest BCUT2D eigenvalue weighted by molar-refractivity contribution is 5.92. The van der Waals surface area contributed by atoms with Gasteiger partial charge in [0, 0.05) is 38.4 Å². The predicted octanol–water partition coefficient (Wildman–Crippen LogP) is 2.99. The van der Waals surface area contributed by atoms with Gasteiger partial charge in [-0.2, -0.15) is 5.10 Å². The first-order chi connectivity index (χ1) is 13.8. The third kappa shape index (κ3) is 5.15. The number of nitrogens with zero attached hydrogens (tertiary/aromatic N) is 4. The van der Waals surface area contributed by atoms with Gasteiger partial charge in [-0.25, -0.2) is 0 Å². The van der Waals surface area contributed by atoms with Crippen LogP contribution in [0.2, 0.25) is 0 Å². The molecule has 0 unspecified atom stereocenters. The van der Waals surface area contributed by atoms with Crippen molar-refractivity contribution < 1.29 is 4.79 Å². The Bertz CT molecular complexity index is 592. The number of rotatable bonds is 7. The fourth-order valence-electron chi connectivity index (χ4n) is 5.43. The van der Waals surface area contributed by atoms with Crippen LogP contribution in [0.3, 0.4) is 0 Å². The second-order valence-corrected chi connectivity index (χ2v) is 9.07. The van der Waals surface area contributed by atoms with Crippen molar-refractivity contribution in [3.8, 4) is 0 Å². The first-order valence-corrected chi connectivity index (χ1v) is 11.5. The lowest BCUT2D eigenvalue weighted by Gasteiger charge is -2.39. The highest BCUT2D eigenvalue weighted by atomic mass is 16.2. The summed E-state index contributed by atoms with van der Waals surface area (Å²) in [6, 6.07) is 2.61. The van der Waals surface area contributed by atoms with E-state index in [2.05, 4.69) is 24.9 Å². The zero-order chi connectivity index (χ0) is 19.2. The number of hydrogen-bond donors (Lipinski definition) is 1. The molecule has 0 bridgehead atoms. The molecule has 2 saturated heterocycles. The highest BCUT2D eigenvalue weighted by Gasteiger charge is 2.30. The second-order valence-electron chi connectivity index (χ2n) is 9.07. The molecule has 3 heterocycles. The Labute approximate surface area is 169 Å². The van der Waals surface area contributed by atoms with Crippen LogP contribution in [0.15, 0.2) is 12.3 Å². The minimum Gasteiger partial charge on any atom is -0.336 e. The van der Waals surface area contributed by atoms with Crippen LogP contribution < -0.4 is 0 Å².